The third kappa shape index (κ3) is 3.98. The maximum atomic E-state index is 12.7. The smallest absolute Gasteiger partial charge is 0.240 e. The summed E-state index contributed by atoms with van der Waals surface area (Å²) in [5, 5.41) is 16.0. The molecular weight excluding hydrogens is 398 g/mol. The molecule has 4 heterocycles. The van der Waals surface area contributed by atoms with Crippen molar-refractivity contribution in [3.63, 3.8) is 0 Å². The minimum absolute atomic E-state index is 0.0136. The van der Waals surface area contributed by atoms with E-state index in [0.717, 1.165) is 68.6 Å². The van der Waals surface area contributed by atoms with Gasteiger partial charge in [0.2, 0.25) is 5.91 Å². The van der Waals surface area contributed by atoms with Crippen LogP contribution in [0.5, 0.6) is 0 Å². The van der Waals surface area contributed by atoms with E-state index < -0.39 is 0 Å². The molecule has 2 atom stereocenters. The first-order chi connectivity index (χ1) is 14.7. The summed E-state index contributed by atoms with van der Waals surface area (Å²) in [4.78, 5) is 17.2. The lowest BCUT2D eigenvalue weighted by molar-refractivity contribution is -0.131. The Morgan fingerprint density at radius 2 is 1.97 bits per heavy atom. The number of tetrazole rings is 1. The number of likely N-dealkylation sites (tertiary alicyclic amines) is 1. The molecule has 9 heteroatoms. The maximum Gasteiger partial charge on any atom is 0.240 e. The Morgan fingerprint density at radius 1 is 1.17 bits per heavy atom. The number of rotatable bonds is 4. The number of carbonyl (C=O) groups excluding carboxylic acids is 1. The topological polar surface area (TPSA) is 79.2 Å². The predicted molar refractivity (Wildman–Crippen MR) is 117 cm³/mol. The number of hydrogen-bond acceptors (Lipinski definition) is 7. The van der Waals surface area contributed by atoms with Gasteiger partial charge in [-0.3, -0.25) is 9.69 Å². The van der Waals surface area contributed by atoms with Gasteiger partial charge in [-0.25, -0.2) is 0 Å². The molecule has 3 aliphatic rings. The highest BCUT2D eigenvalue weighted by molar-refractivity contribution is 7.99. The van der Waals surface area contributed by atoms with Crippen LogP contribution in [0.15, 0.2) is 24.3 Å². The highest BCUT2D eigenvalue weighted by atomic mass is 32.2. The van der Waals surface area contributed by atoms with E-state index >= 15 is 0 Å². The quantitative estimate of drug-likeness (QED) is 0.790. The Morgan fingerprint density at radius 3 is 2.70 bits per heavy atom. The van der Waals surface area contributed by atoms with Gasteiger partial charge in [-0.05, 0) is 61.8 Å². The molecule has 1 aromatic heterocycles. The van der Waals surface area contributed by atoms with Crippen molar-refractivity contribution in [2.45, 2.75) is 44.2 Å². The lowest BCUT2D eigenvalue weighted by atomic mass is 9.94. The van der Waals surface area contributed by atoms with Crippen LogP contribution in [0.2, 0.25) is 0 Å². The van der Waals surface area contributed by atoms with Gasteiger partial charge in [-0.2, -0.15) is 4.68 Å². The van der Waals surface area contributed by atoms with E-state index in [2.05, 4.69) is 56.9 Å². The van der Waals surface area contributed by atoms with E-state index in [1.165, 1.54) is 5.56 Å². The molecule has 5 rings (SSSR count). The molecule has 1 aromatic carbocycles. The minimum Gasteiger partial charge on any atom is -0.331 e. The zero-order chi connectivity index (χ0) is 20.5. The fourth-order valence-electron chi connectivity index (χ4n) is 4.83. The average Bonchev–Trinajstić information content (AvgIpc) is 3.56. The van der Waals surface area contributed by atoms with E-state index in [9.17, 15) is 4.79 Å². The van der Waals surface area contributed by atoms with Gasteiger partial charge < -0.3 is 10.2 Å². The number of thioether (sulfide) groups is 1. The van der Waals surface area contributed by atoms with Crippen molar-refractivity contribution in [3.8, 4) is 5.69 Å². The summed E-state index contributed by atoms with van der Waals surface area (Å²) in [6.07, 6.45) is 3.01. The number of benzene rings is 1. The Hall–Kier alpha value is -1.97. The van der Waals surface area contributed by atoms with Crippen LogP contribution in [0.1, 0.15) is 36.6 Å². The van der Waals surface area contributed by atoms with E-state index in [4.69, 9.17) is 0 Å². The number of hydrogen-bond donors (Lipinski definition) is 1. The van der Waals surface area contributed by atoms with E-state index in [1.54, 1.807) is 0 Å². The summed E-state index contributed by atoms with van der Waals surface area (Å²) in [5.41, 5.74) is 2.25. The molecule has 1 N–H and O–H groups in total. The highest BCUT2D eigenvalue weighted by Gasteiger charge is 2.37. The highest BCUT2D eigenvalue weighted by Crippen LogP contribution is 2.30. The predicted octanol–water partition coefficient (Wildman–Crippen LogP) is 1.41. The summed E-state index contributed by atoms with van der Waals surface area (Å²) in [7, 11) is 0. The molecule has 3 saturated heterocycles. The SMILES string of the molecule is Cc1ccc(-n2nnnc2C2CCN([C@@H]3CN[C@H](C(=O)N4CCSC4)C3)CC2)cc1. The molecule has 0 spiro atoms. The fourth-order valence-corrected chi connectivity index (χ4v) is 5.79. The summed E-state index contributed by atoms with van der Waals surface area (Å²) in [6, 6.07) is 8.77. The molecule has 0 unspecified atom stereocenters. The molecule has 160 valence electrons. The monoisotopic (exact) mass is 427 g/mol. The molecule has 0 bridgehead atoms. The van der Waals surface area contributed by atoms with E-state index in [-0.39, 0.29) is 11.9 Å². The lowest BCUT2D eigenvalue weighted by Gasteiger charge is -2.35. The molecular formula is C21H29N7OS. The number of aryl methyl sites for hydroxylation is 1. The molecule has 0 aliphatic carbocycles. The Kier molecular flexibility index (Phi) is 5.75. The minimum atomic E-state index is -0.0136. The molecule has 0 saturated carbocycles. The van der Waals surface area contributed by atoms with Crippen molar-refractivity contribution in [3.05, 3.63) is 35.7 Å². The Labute approximate surface area is 181 Å². The standard InChI is InChI=1S/C21H29N7OS/c1-15-2-4-17(5-3-15)28-20(23-24-25-28)16-6-8-26(9-7-16)18-12-19(22-13-18)21(29)27-10-11-30-14-27/h2-5,16,18-19,22H,6-14H2,1H3/t18-,19-/m0/s1. The van der Waals surface area contributed by atoms with Gasteiger partial charge in [-0.15, -0.1) is 16.9 Å². The van der Waals surface area contributed by atoms with Crippen molar-refractivity contribution in [1.82, 2.24) is 35.3 Å². The first kappa shape index (κ1) is 20.0. The zero-order valence-corrected chi connectivity index (χ0v) is 18.2. The second kappa shape index (κ2) is 8.64. The van der Waals surface area contributed by atoms with Crippen molar-refractivity contribution in [2.24, 2.45) is 0 Å². The van der Waals surface area contributed by atoms with Gasteiger partial charge >= 0.3 is 0 Å². The maximum absolute atomic E-state index is 12.7. The fraction of sp³-hybridized carbons (Fsp3) is 0.619. The van der Waals surface area contributed by atoms with Crippen molar-refractivity contribution >= 4 is 17.7 Å². The van der Waals surface area contributed by atoms with Crippen LogP contribution < -0.4 is 5.32 Å². The normalized spacial score (nSPS) is 25.8. The van der Waals surface area contributed by atoms with Crippen molar-refractivity contribution < 1.29 is 4.79 Å². The summed E-state index contributed by atoms with van der Waals surface area (Å²) < 4.78 is 1.89. The van der Waals surface area contributed by atoms with Gasteiger partial charge in [0.15, 0.2) is 5.82 Å². The Bertz CT molecular complexity index is 872. The second-order valence-electron chi connectivity index (χ2n) is 8.58. The average molecular weight is 428 g/mol. The summed E-state index contributed by atoms with van der Waals surface area (Å²) >= 11 is 1.85. The Balaban J connectivity index is 1.18. The second-order valence-corrected chi connectivity index (χ2v) is 9.66. The van der Waals surface area contributed by atoms with Crippen LogP contribution in [0.4, 0.5) is 0 Å². The third-order valence-electron chi connectivity index (χ3n) is 6.65. The molecule has 3 aliphatic heterocycles. The zero-order valence-electron chi connectivity index (χ0n) is 17.4. The van der Waals surface area contributed by atoms with Gasteiger partial charge in [-0.1, -0.05) is 17.7 Å². The van der Waals surface area contributed by atoms with Crippen LogP contribution in [-0.4, -0.2) is 85.8 Å². The molecule has 3 fully saturated rings. The summed E-state index contributed by atoms with van der Waals surface area (Å²) in [6.45, 7) is 5.94. The summed E-state index contributed by atoms with van der Waals surface area (Å²) in [5.74, 6) is 3.53. The number of nitrogens with zero attached hydrogens (tertiary/aromatic N) is 6. The largest absolute Gasteiger partial charge is 0.331 e. The number of amides is 1. The van der Waals surface area contributed by atoms with Crippen LogP contribution in [0, 0.1) is 6.92 Å². The van der Waals surface area contributed by atoms with Crippen LogP contribution in [0.3, 0.4) is 0 Å². The van der Waals surface area contributed by atoms with Crippen molar-refractivity contribution in [1.29, 1.82) is 0 Å². The molecule has 1 amide bonds. The molecule has 30 heavy (non-hydrogen) atoms. The number of carbonyl (C=O) groups is 1. The lowest BCUT2D eigenvalue weighted by Crippen LogP contribution is -2.42. The molecule has 2 aromatic rings. The van der Waals surface area contributed by atoms with Crippen molar-refractivity contribution in [2.75, 3.05) is 37.8 Å². The van der Waals surface area contributed by atoms with Gasteiger partial charge in [0.05, 0.1) is 17.6 Å². The third-order valence-corrected chi connectivity index (χ3v) is 7.62. The van der Waals surface area contributed by atoms with Crippen LogP contribution in [0.25, 0.3) is 5.69 Å². The molecule has 0 radical (unpaired) electrons. The van der Waals surface area contributed by atoms with E-state index in [0.29, 0.717) is 12.0 Å². The number of piperidine rings is 1. The van der Waals surface area contributed by atoms with Crippen LogP contribution >= 0.6 is 11.8 Å². The number of nitrogens with one attached hydrogen (secondary N) is 1. The molecule has 8 nitrogen and oxygen atoms in total. The van der Waals surface area contributed by atoms with Gasteiger partial charge in [0.25, 0.3) is 0 Å². The van der Waals surface area contributed by atoms with Gasteiger partial charge in [0, 0.05) is 30.8 Å². The first-order valence-corrected chi connectivity index (χ1v) is 12.0. The van der Waals surface area contributed by atoms with Crippen LogP contribution in [-0.2, 0) is 4.79 Å². The number of aromatic nitrogens is 4. The van der Waals surface area contributed by atoms with E-state index in [1.807, 2.05) is 21.3 Å². The first-order valence-electron chi connectivity index (χ1n) is 10.9. The van der Waals surface area contributed by atoms with Gasteiger partial charge in [0.1, 0.15) is 0 Å².